The molecule has 0 aliphatic heterocycles. The van der Waals surface area contributed by atoms with Gasteiger partial charge in [-0.15, -0.1) is 0 Å². The molecule has 0 bridgehead atoms. The molecule has 106 valence electrons. The van der Waals surface area contributed by atoms with Gasteiger partial charge in [-0.25, -0.2) is 4.79 Å². The molecule has 0 spiro atoms. The number of urea groups is 1. The van der Waals surface area contributed by atoms with Crippen molar-refractivity contribution in [3.8, 4) is 11.8 Å². The van der Waals surface area contributed by atoms with Gasteiger partial charge in [0.15, 0.2) is 0 Å². The van der Waals surface area contributed by atoms with Gasteiger partial charge in [-0.3, -0.25) is 9.78 Å². The summed E-state index contributed by atoms with van der Waals surface area (Å²) in [6, 6.07) is 0.968. The maximum Gasteiger partial charge on any atom is 0.312 e. The number of nitrogens with two attached hydrogens (primary N) is 1. The minimum Gasteiger partial charge on any atom is -0.395 e. The number of primary amides is 1. The average molecular weight is 276 g/mol. The van der Waals surface area contributed by atoms with Crippen LogP contribution in [-0.2, 0) is 0 Å². The third-order valence-corrected chi connectivity index (χ3v) is 2.18. The Balaban J connectivity index is 2.54. The Bertz CT molecular complexity index is 534. The third kappa shape index (κ3) is 5.84. The highest BCUT2D eigenvalue weighted by Crippen LogP contribution is 2.01. The number of nitrogens with one attached hydrogen (secondary N) is 2. The van der Waals surface area contributed by atoms with Gasteiger partial charge in [0.2, 0.25) is 0 Å². The zero-order valence-corrected chi connectivity index (χ0v) is 10.8. The Labute approximate surface area is 116 Å². The van der Waals surface area contributed by atoms with E-state index in [4.69, 9.17) is 10.8 Å². The number of hydrogen-bond acceptors (Lipinski definition) is 4. The molecule has 1 aromatic rings. The van der Waals surface area contributed by atoms with Crippen LogP contribution in [0.3, 0.4) is 0 Å². The average Bonchev–Trinajstić information content (AvgIpc) is 2.44. The number of aliphatic hydroxyl groups is 1. The molecule has 1 heterocycles. The molecular weight excluding hydrogens is 260 g/mol. The van der Waals surface area contributed by atoms with E-state index in [1.165, 1.54) is 12.4 Å². The molecule has 0 fully saturated rings. The number of amides is 3. The van der Waals surface area contributed by atoms with Gasteiger partial charge in [0.1, 0.15) is 0 Å². The molecule has 0 unspecified atom stereocenters. The summed E-state index contributed by atoms with van der Waals surface area (Å²) in [6.07, 6.45) is 3.33. The van der Waals surface area contributed by atoms with Crippen LogP contribution >= 0.6 is 0 Å². The topological polar surface area (TPSA) is 117 Å². The molecule has 0 radical (unpaired) electrons. The van der Waals surface area contributed by atoms with E-state index < -0.39 is 6.03 Å². The Morgan fingerprint density at radius 2 is 2.05 bits per heavy atom. The molecule has 0 saturated carbocycles. The molecule has 3 amide bonds. The largest absolute Gasteiger partial charge is 0.395 e. The van der Waals surface area contributed by atoms with Crippen molar-refractivity contribution >= 4 is 11.9 Å². The van der Waals surface area contributed by atoms with Crippen LogP contribution in [0, 0.1) is 11.8 Å². The molecule has 7 nitrogen and oxygen atoms in total. The zero-order valence-electron chi connectivity index (χ0n) is 10.8. The monoisotopic (exact) mass is 276 g/mol. The van der Waals surface area contributed by atoms with E-state index in [1.807, 2.05) is 0 Å². The van der Waals surface area contributed by atoms with Crippen molar-refractivity contribution in [1.82, 2.24) is 15.6 Å². The maximum absolute atomic E-state index is 11.8. The number of carbonyl (C=O) groups is 2. The van der Waals surface area contributed by atoms with Crippen molar-refractivity contribution in [2.24, 2.45) is 5.73 Å². The Morgan fingerprint density at radius 3 is 2.75 bits per heavy atom. The number of hydrogen-bond donors (Lipinski definition) is 4. The first-order valence-electron chi connectivity index (χ1n) is 5.99. The first-order chi connectivity index (χ1) is 9.63. The summed E-state index contributed by atoms with van der Waals surface area (Å²) in [4.78, 5) is 26.2. The number of aliphatic hydroxyl groups excluding tert-OH is 1. The van der Waals surface area contributed by atoms with Crippen LogP contribution in [0.25, 0.3) is 0 Å². The minimum absolute atomic E-state index is 0.00648. The van der Waals surface area contributed by atoms with E-state index in [9.17, 15) is 9.59 Å². The smallest absolute Gasteiger partial charge is 0.312 e. The Kier molecular flexibility index (Phi) is 6.57. The van der Waals surface area contributed by atoms with Crippen molar-refractivity contribution in [3.63, 3.8) is 0 Å². The van der Waals surface area contributed by atoms with Gasteiger partial charge in [-0.05, 0) is 6.07 Å². The van der Waals surface area contributed by atoms with Gasteiger partial charge < -0.3 is 21.5 Å². The van der Waals surface area contributed by atoms with Gasteiger partial charge in [-0.2, -0.15) is 0 Å². The SMILES string of the molecule is NC(=O)NCCNC(=O)c1cncc(C#CCCO)c1. The molecule has 20 heavy (non-hydrogen) atoms. The van der Waals surface area contributed by atoms with Gasteiger partial charge in [-0.1, -0.05) is 11.8 Å². The molecule has 0 atom stereocenters. The van der Waals surface area contributed by atoms with E-state index in [0.717, 1.165) is 0 Å². The molecule has 1 rings (SSSR count). The van der Waals surface area contributed by atoms with E-state index >= 15 is 0 Å². The highest BCUT2D eigenvalue weighted by atomic mass is 16.2. The van der Waals surface area contributed by atoms with E-state index in [1.54, 1.807) is 6.07 Å². The molecule has 0 aromatic carbocycles. The number of pyridine rings is 1. The van der Waals surface area contributed by atoms with Gasteiger partial charge in [0.25, 0.3) is 5.91 Å². The fraction of sp³-hybridized carbons (Fsp3) is 0.308. The van der Waals surface area contributed by atoms with Gasteiger partial charge in [0, 0.05) is 37.5 Å². The molecule has 0 saturated heterocycles. The lowest BCUT2D eigenvalue weighted by Gasteiger charge is -2.05. The van der Waals surface area contributed by atoms with Crippen molar-refractivity contribution in [3.05, 3.63) is 29.6 Å². The van der Waals surface area contributed by atoms with Crippen molar-refractivity contribution in [1.29, 1.82) is 0 Å². The van der Waals surface area contributed by atoms with E-state index in [0.29, 0.717) is 17.5 Å². The first-order valence-corrected chi connectivity index (χ1v) is 5.99. The van der Waals surface area contributed by atoms with Gasteiger partial charge >= 0.3 is 6.03 Å². The van der Waals surface area contributed by atoms with Crippen molar-refractivity contribution in [2.75, 3.05) is 19.7 Å². The predicted molar refractivity (Wildman–Crippen MR) is 72.7 cm³/mol. The summed E-state index contributed by atoms with van der Waals surface area (Å²) in [5.41, 5.74) is 5.87. The quantitative estimate of drug-likeness (QED) is 0.416. The molecular formula is C13H16N4O3. The van der Waals surface area contributed by atoms with Crippen molar-refractivity contribution < 1.29 is 14.7 Å². The molecule has 0 aliphatic rings. The second-order valence-electron chi connectivity index (χ2n) is 3.78. The number of nitrogens with zero attached hydrogens (tertiary/aromatic N) is 1. The Morgan fingerprint density at radius 1 is 1.30 bits per heavy atom. The minimum atomic E-state index is -0.637. The summed E-state index contributed by atoms with van der Waals surface area (Å²) in [6.45, 7) is 0.514. The highest BCUT2D eigenvalue weighted by molar-refractivity contribution is 5.94. The first kappa shape index (κ1) is 15.5. The summed E-state index contributed by atoms with van der Waals surface area (Å²) < 4.78 is 0. The molecule has 1 aromatic heterocycles. The number of carbonyl (C=O) groups excluding carboxylic acids is 2. The van der Waals surface area contributed by atoms with E-state index in [-0.39, 0.29) is 25.6 Å². The number of aromatic nitrogens is 1. The lowest BCUT2D eigenvalue weighted by atomic mass is 10.2. The van der Waals surface area contributed by atoms with Crippen LogP contribution in [0.4, 0.5) is 4.79 Å². The summed E-state index contributed by atoms with van der Waals surface area (Å²) in [7, 11) is 0. The third-order valence-electron chi connectivity index (χ3n) is 2.18. The van der Waals surface area contributed by atoms with Crippen LogP contribution in [0.15, 0.2) is 18.5 Å². The molecule has 7 heteroatoms. The van der Waals surface area contributed by atoms with Crippen LogP contribution < -0.4 is 16.4 Å². The number of rotatable bonds is 5. The van der Waals surface area contributed by atoms with Crippen LogP contribution in [0.1, 0.15) is 22.3 Å². The molecule has 5 N–H and O–H groups in total. The zero-order chi connectivity index (χ0) is 14.8. The standard InChI is InChI=1S/C13H16N4O3/c14-13(20)17-5-4-16-12(19)11-7-10(8-15-9-11)3-1-2-6-18/h7-9,18H,2,4-6H2,(H,16,19)(H3,14,17,20). The summed E-state index contributed by atoms with van der Waals surface area (Å²) in [5, 5.41) is 13.6. The maximum atomic E-state index is 11.8. The Hall–Kier alpha value is -2.59. The van der Waals surface area contributed by atoms with E-state index in [2.05, 4.69) is 27.5 Å². The van der Waals surface area contributed by atoms with Crippen molar-refractivity contribution in [2.45, 2.75) is 6.42 Å². The summed E-state index contributed by atoms with van der Waals surface area (Å²) in [5.74, 6) is 5.24. The molecule has 0 aliphatic carbocycles. The lowest BCUT2D eigenvalue weighted by molar-refractivity contribution is 0.0953. The second-order valence-corrected chi connectivity index (χ2v) is 3.78. The van der Waals surface area contributed by atoms with Crippen LogP contribution in [0.2, 0.25) is 0 Å². The fourth-order valence-corrected chi connectivity index (χ4v) is 1.32. The van der Waals surface area contributed by atoms with Crippen LogP contribution in [-0.4, -0.2) is 41.7 Å². The van der Waals surface area contributed by atoms with Gasteiger partial charge in [0.05, 0.1) is 12.2 Å². The predicted octanol–water partition coefficient (Wildman–Crippen LogP) is -0.786. The normalized spacial score (nSPS) is 9.25. The highest BCUT2D eigenvalue weighted by Gasteiger charge is 2.05. The van der Waals surface area contributed by atoms with Crippen LogP contribution in [0.5, 0.6) is 0 Å². The fourth-order valence-electron chi connectivity index (χ4n) is 1.32. The lowest BCUT2D eigenvalue weighted by Crippen LogP contribution is -2.37. The second kappa shape index (κ2) is 8.50. The summed E-state index contributed by atoms with van der Waals surface area (Å²) >= 11 is 0.